The Morgan fingerprint density at radius 3 is 3.00 bits per heavy atom. The van der Waals surface area contributed by atoms with E-state index in [1.807, 2.05) is 18.3 Å². The van der Waals surface area contributed by atoms with Crippen molar-refractivity contribution >= 4 is 11.3 Å². The predicted octanol–water partition coefficient (Wildman–Crippen LogP) is 3.27. The first-order valence-corrected chi connectivity index (χ1v) is 8.83. The maximum absolute atomic E-state index is 10.9. The summed E-state index contributed by atoms with van der Waals surface area (Å²) >= 11 is 1.77. The van der Waals surface area contributed by atoms with Gasteiger partial charge in [0.25, 0.3) is 0 Å². The van der Waals surface area contributed by atoms with Crippen molar-refractivity contribution in [3.05, 3.63) is 51.5 Å². The summed E-state index contributed by atoms with van der Waals surface area (Å²) in [6.07, 6.45) is 4.78. The van der Waals surface area contributed by atoms with E-state index >= 15 is 0 Å². The molecule has 1 heterocycles. The van der Waals surface area contributed by atoms with Gasteiger partial charge in [0.15, 0.2) is 0 Å². The molecule has 118 valence electrons. The molecule has 0 aliphatic heterocycles. The van der Waals surface area contributed by atoms with Crippen LogP contribution >= 0.6 is 11.3 Å². The quantitative estimate of drug-likeness (QED) is 0.860. The van der Waals surface area contributed by atoms with Gasteiger partial charge in [-0.05, 0) is 29.9 Å². The Morgan fingerprint density at radius 2 is 2.18 bits per heavy atom. The molecule has 4 heteroatoms. The number of hydrogen-bond donors (Lipinski definition) is 2. The summed E-state index contributed by atoms with van der Waals surface area (Å²) in [7, 11) is 0. The minimum atomic E-state index is -0.720. The first kappa shape index (κ1) is 15.7. The van der Waals surface area contributed by atoms with E-state index in [1.54, 1.807) is 11.3 Å². The van der Waals surface area contributed by atoms with Crippen LogP contribution in [0.25, 0.3) is 0 Å². The molecule has 1 aliphatic rings. The van der Waals surface area contributed by atoms with Gasteiger partial charge in [-0.25, -0.2) is 4.98 Å². The van der Waals surface area contributed by atoms with E-state index in [2.05, 4.69) is 36.3 Å². The SMILES string of the molecule is CC(C)Cc1ncc(CNCC2(O)CCc3ccccc32)s1. The second-order valence-corrected chi connectivity index (χ2v) is 7.81. The maximum atomic E-state index is 10.9. The fourth-order valence-corrected chi connectivity index (χ4v) is 4.22. The molecule has 1 atom stereocenters. The topological polar surface area (TPSA) is 45.2 Å². The smallest absolute Gasteiger partial charge is 0.103 e. The fourth-order valence-electron chi connectivity index (χ4n) is 3.12. The molecule has 0 fully saturated rings. The number of aliphatic hydroxyl groups is 1. The van der Waals surface area contributed by atoms with Crippen molar-refractivity contribution < 1.29 is 5.11 Å². The zero-order valence-electron chi connectivity index (χ0n) is 13.3. The van der Waals surface area contributed by atoms with Crippen molar-refractivity contribution in [2.75, 3.05) is 6.54 Å². The lowest BCUT2D eigenvalue weighted by molar-refractivity contribution is 0.0385. The first-order chi connectivity index (χ1) is 10.6. The minimum absolute atomic E-state index is 0.599. The largest absolute Gasteiger partial charge is 0.384 e. The van der Waals surface area contributed by atoms with Gasteiger partial charge in [0.05, 0.1) is 5.01 Å². The van der Waals surface area contributed by atoms with Gasteiger partial charge in [0, 0.05) is 30.6 Å². The summed E-state index contributed by atoms with van der Waals surface area (Å²) in [5.41, 5.74) is 1.65. The third-order valence-electron chi connectivity index (χ3n) is 4.23. The average Bonchev–Trinajstić information content (AvgIpc) is 3.05. The Balaban J connectivity index is 1.56. The van der Waals surface area contributed by atoms with E-state index in [-0.39, 0.29) is 0 Å². The van der Waals surface area contributed by atoms with Crippen LogP contribution in [-0.4, -0.2) is 16.6 Å². The lowest BCUT2D eigenvalue weighted by Crippen LogP contribution is -2.35. The molecule has 0 saturated heterocycles. The standard InChI is InChI=1S/C18H24N2OS/c1-13(2)9-17-20-11-15(22-17)10-19-12-18(21)8-7-14-5-3-4-6-16(14)18/h3-6,11,13,19,21H,7-10,12H2,1-2H3. The minimum Gasteiger partial charge on any atom is -0.384 e. The van der Waals surface area contributed by atoms with Gasteiger partial charge >= 0.3 is 0 Å². The molecule has 2 aromatic rings. The number of hydrogen-bond acceptors (Lipinski definition) is 4. The maximum Gasteiger partial charge on any atom is 0.103 e. The molecule has 1 aliphatic carbocycles. The van der Waals surface area contributed by atoms with Gasteiger partial charge in [-0.3, -0.25) is 0 Å². The molecule has 0 amide bonds. The Bertz CT molecular complexity index is 638. The van der Waals surface area contributed by atoms with Crippen LogP contribution < -0.4 is 5.32 Å². The molecular formula is C18H24N2OS. The number of rotatable bonds is 6. The van der Waals surface area contributed by atoms with Crippen LogP contribution in [0.4, 0.5) is 0 Å². The van der Waals surface area contributed by atoms with Crippen LogP contribution in [0.15, 0.2) is 30.5 Å². The summed E-state index contributed by atoms with van der Waals surface area (Å²) < 4.78 is 0. The molecular weight excluding hydrogens is 292 g/mol. The zero-order chi connectivity index (χ0) is 15.6. The molecule has 2 N–H and O–H groups in total. The molecule has 22 heavy (non-hydrogen) atoms. The van der Waals surface area contributed by atoms with Crippen molar-refractivity contribution in [3.8, 4) is 0 Å². The number of nitrogens with zero attached hydrogens (tertiary/aromatic N) is 1. The summed E-state index contributed by atoms with van der Waals surface area (Å²) in [4.78, 5) is 5.72. The second kappa shape index (κ2) is 6.49. The number of nitrogens with one attached hydrogen (secondary N) is 1. The monoisotopic (exact) mass is 316 g/mol. The molecule has 3 nitrogen and oxygen atoms in total. The highest BCUT2D eigenvalue weighted by Gasteiger charge is 2.35. The van der Waals surface area contributed by atoms with Crippen LogP contribution in [-0.2, 0) is 25.0 Å². The molecule has 1 aromatic carbocycles. The fraction of sp³-hybridized carbons (Fsp3) is 0.500. The highest BCUT2D eigenvalue weighted by atomic mass is 32.1. The van der Waals surface area contributed by atoms with Crippen LogP contribution in [0.5, 0.6) is 0 Å². The predicted molar refractivity (Wildman–Crippen MR) is 91.0 cm³/mol. The van der Waals surface area contributed by atoms with Crippen molar-refractivity contribution in [2.24, 2.45) is 5.92 Å². The number of benzene rings is 1. The molecule has 1 unspecified atom stereocenters. The molecule has 0 radical (unpaired) electrons. The van der Waals surface area contributed by atoms with Gasteiger partial charge in [-0.2, -0.15) is 0 Å². The van der Waals surface area contributed by atoms with E-state index in [0.717, 1.165) is 31.4 Å². The second-order valence-electron chi connectivity index (χ2n) is 6.61. The molecule has 3 rings (SSSR count). The van der Waals surface area contributed by atoms with E-state index in [4.69, 9.17) is 0 Å². The van der Waals surface area contributed by atoms with Gasteiger partial charge in [0.1, 0.15) is 5.60 Å². The van der Waals surface area contributed by atoms with Gasteiger partial charge in [0.2, 0.25) is 0 Å². The number of thiazole rings is 1. The van der Waals surface area contributed by atoms with Gasteiger partial charge < -0.3 is 10.4 Å². The number of fused-ring (bicyclic) bond motifs is 1. The van der Waals surface area contributed by atoms with Crippen molar-refractivity contribution in [1.82, 2.24) is 10.3 Å². The van der Waals surface area contributed by atoms with Gasteiger partial charge in [-0.15, -0.1) is 11.3 Å². The Morgan fingerprint density at radius 1 is 1.36 bits per heavy atom. The molecule has 0 spiro atoms. The number of aryl methyl sites for hydroxylation is 1. The van der Waals surface area contributed by atoms with Crippen LogP contribution in [0.1, 0.15) is 41.3 Å². The van der Waals surface area contributed by atoms with Crippen LogP contribution in [0, 0.1) is 5.92 Å². The van der Waals surface area contributed by atoms with Crippen LogP contribution in [0.3, 0.4) is 0 Å². The van der Waals surface area contributed by atoms with E-state index in [1.165, 1.54) is 15.4 Å². The van der Waals surface area contributed by atoms with E-state index in [9.17, 15) is 5.11 Å². The third-order valence-corrected chi connectivity index (χ3v) is 5.25. The van der Waals surface area contributed by atoms with Crippen LogP contribution in [0.2, 0.25) is 0 Å². The van der Waals surface area contributed by atoms with E-state index < -0.39 is 5.60 Å². The van der Waals surface area contributed by atoms with Crippen molar-refractivity contribution in [3.63, 3.8) is 0 Å². The normalized spacial score (nSPS) is 20.5. The number of aromatic nitrogens is 1. The lowest BCUT2D eigenvalue weighted by atomic mass is 9.96. The average molecular weight is 316 g/mol. The Kier molecular flexibility index (Phi) is 4.62. The van der Waals surface area contributed by atoms with E-state index in [0.29, 0.717) is 12.5 Å². The Hall–Kier alpha value is -1.23. The highest BCUT2D eigenvalue weighted by Crippen LogP contribution is 2.36. The van der Waals surface area contributed by atoms with Crippen molar-refractivity contribution in [2.45, 2.75) is 45.3 Å². The summed E-state index contributed by atoms with van der Waals surface area (Å²) in [5, 5.41) is 15.5. The summed E-state index contributed by atoms with van der Waals surface area (Å²) in [6, 6.07) is 8.23. The zero-order valence-corrected chi connectivity index (χ0v) is 14.1. The molecule has 0 bridgehead atoms. The molecule has 1 aromatic heterocycles. The molecule has 0 saturated carbocycles. The lowest BCUT2D eigenvalue weighted by Gasteiger charge is -2.24. The van der Waals surface area contributed by atoms with Gasteiger partial charge in [-0.1, -0.05) is 38.1 Å². The summed E-state index contributed by atoms with van der Waals surface area (Å²) in [5.74, 6) is 0.641. The first-order valence-electron chi connectivity index (χ1n) is 8.02. The Labute approximate surface area is 136 Å². The highest BCUT2D eigenvalue weighted by molar-refractivity contribution is 7.11. The van der Waals surface area contributed by atoms with Crippen molar-refractivity contribution in [1.29, 1.82) is 0 Å². The third kappa shape index (κ3) is 3.40. The summed E-state index contributed by atoms with van der Waals surface area (Å²) in [6.45, 7) is 5.81.